The lowest BCUT2D eigenvalue weighted by Crippen LogP contribution is -2.08. The van der Waals surface area contributed by atoms with E-state index in [0.29, 0.717) is 11.6 Å². The summed E-state index contributed by atoms with van der Waals surface area (Å²) in [5.74, 6) is -0.186. The number of carbonyl (C=O) groups excluding carboxylic acids is 1. The molecule has 0 bridgehead atoms. The largest absolute Gasteiger partial charge is 0.464 e. The second kappa shape index (κ2) is 4.52. The van der Waals surface area contributed by atoms with E-state index in [4.69, 9.17) is 0 Å². The standard InChI is InChI=1S/C11H13N5O2/c1-6-5-7(2)13-11(12-6)16-14-8(3)9(15-16)10(17)18-4/h5H,1-4H3. The molecule has 0 radical (unpaired) electrons. The molecule has 0 unspecified atom stereocenters. The van der Waals surface area contributed by atoms with Crippen molar-refractivity contribution in [3.63, 3.8) is 0 Å². The van der Waals surface area contributed by atoms with Gasteiger partial charge in [0.1, 0.15) is 0 Å². The van der Waals surface area contributed by atoms with Gasteiger partial charge in [-0.1, -0.05) is 0 Å². The first-order valence-electron chi connectivity index (χ1n) is 5.36. The third kappa shape index (κ3) is 2.20. The van der Waals surface area contributed by atoms with Crippen LogP contribution in [0.1, 0.15) is 27.6 Å². The van der Waals surface area contributed by atoms with Crippen LogP contribution in [0, 0.1) is 20.8 Å². The fraction of sp³-hybridized carbons (Fsp3) is 0.364. The van der Waals surface area contributed by atoms with Crippen molar-refractivity contribution in [3.05, 3.63) is 28.8 Å². The number of methoxy groups -OCH3 is 1. The van der Waals surface area contributed by atoms with E-state index in [1.807, 2.05) is 19.9 Å². The lowest BCUT2D eigenvalue weighted by molar-refractivity contribution is 0.0592. The number of ether oxygens (including phenoxy) is 1. The number of rotatable bonds is 2. The van der Waals surface area contributed by atoms with Crippen molar-refractivity contribution >= 4 is 5.97 Å². The lowest BCUT2D eigenvalue weighted by Gasteiger charge is -2.00. The Morgan fingerprint density at radius 2 is 1.78 bits per heavy atom. The van der Waals surface area contributed by atoms with E-state index < -0.39 is 5.97 Å². The molecule has 0 N–H and O–H groups in total. The molecule has 0 atom stereocenters. The second-order valence-electron chi connectivity index (χ2n) is 3.87. The number of hydrogen-bond acceptors (Lipinski definition) is 6. The molecule has 7 heteroatoms. The molecule has 0 aliphatic carbocycles. The van der Waals surface area contributed by atoms with E-state index in [9.17, 15) is 4.79 Å². The normalized spacial score (nSPS) is 10.4. The fourth-order valence-electron chi connectivity index (χ4n) is 1.55. The number of aromatic nitrogens is 5. The highest BCUT2D eigenvalue weighted by Crippen LogP contribution is 2.07. The molecule has 2 aromatic rings. The molecule has 0 aliphatic heterocycles. The number of aryl methyl sites for hydroxylation is 3. The van der Waals surface area contributed by atoms with Gasteiger partial charge in [0, 0.05) is 11.4 Å². The molecule has 2 heterocycles. The molecule has 18 heavy (non-hydrogen) atoms. The predicted octanol–water partition coefficient (Wildman–Crippen LogP) is 0.769. The third-order valence-corrected chi connectivity index (χ3v) is 2.31. The Hall–Kier alpha value is -2.31. The highest BCUT2D eigenvalue weighted by molar-refractivity contribution is 5.88. The summed E-state index contributed by atoms with van der Waals surface area (Å²) in [6, 6.07) is 1.85. The molecule has 0 spiro atoms. The zero-order chi connectivity index (χ0) is 13.3. The molecule has 2 rings (SSSR count). The van der Waals surface area contributed by atoms with Crippen molar-refractivity contribution in [3.8, 4) is 5.95 Å². The van der Waals surface area contributed by atoms with Crippen molar-refractivity contribution in [1.82, 2.24) is 25.0 Å². The van der Waals surface area contributed by atoms with Crippen LogP contribution in [0.4, 0.5) is 0 Å². The highest BCUT2D eigenvalue weighted by atomic mass is 16.5. The maximum absolute atomic E-state index is 11.4. The van der Waals surface area contributed by atoms with Gasteiger partial charge in [0.05, 0.1) is 12.8 Å². The summed E-state index contributed by atoms with van der Waals surface area (Å²) in [6.45, 7) is 5.39. The van der Waals surface area contributed by atoms with Crippen LogP contribution in [0.25, 0.3) is 5.95 Å². The van der Waals surface area contributed by atoms with Crippen LogP contribution in [0.5, 0.6) is 0 Å². The van der Waals surface area contributed by atoms with Crippen LogP contribution in [-0.2, 0) is 4.74 Å². The summed E-state index contributed by atoms with van der Waals surface area (Å²) in [5.41, 5.74) is 2.27. The maximum Gasteiger partial charge on any atom is 0.360 e. The first-order valence-corrected chi connectivity index (χ1v) is 5.36. The molecular formula is C11H13N5O2. The van der Waals surface area contributed by atoms with Gasteiger partial charge in [-0.25, -0.2) is 14.8 Å². The minimum atomic E-state index is -0.525. The summed E-state index contributed by atoms with van der Waals surface area (Å²) < 4.78 is 4.62. The van der Waals surface area contributed by atoms with Gasteiger partial charge in [-0.15, -0.1) is 15.0 Å². The van der Waals surface area contributed by atoms with Crippen molar-refractivity contribution in [1.29, 1.82) is 0 Å². The molecule has 0 saturated carbocycles. The summed E-state index contributed by atoms with van der Waals surface area (Å²) in [5, 5.41) is 8.15. The molecule has 94 valence electrons. The Bertz CT molecular complexity index is 585. The second-order valence-corrected chi connectivity index (χ2v) is 3.87. The quantitative estimate of drug-likeness (QED) is 0.729. The Labute approximate surface area is 104 Å². The van der Waals surface area contributed by atoms with Crippen molar-refractivity contribution < 1.29 is 9.53 Å². The van der Waals surface area contributed by atoms with Gasteiger partial charge in [-0.2, -0.15) is 0 Å². The minimum Gasteiger partial charge on any atom is -0.464 e. The number of nitrogens with zero attached hydrogens (tertiary/aromatic N) is 5. The molecule has 0 aromatic carbocycles. The van der Waals surface area contributed by atoms with Crippen molar-refractivity contribution in [2.75, 3.05) is 7.11 Å². The van der Waals surface area contributed by atoms with Crippen LogP contribution < -0.4 is 0 Å². The Balaban J connectivity index is 2.48. The van der Waals surface area contributed by atoms with Crippen LogP contribution in [0.2, 0.25) is 0 Å². The average Bonchev–Trinajstić information content (AvgIpc) is 2.69. The SMILES string of the molecule is COC(=O)c1nn(-c2nc(C)cc(C)n2)nc1C. The molecule has 0 aliphatic rings. The number of carbonyl (C=O) groups is 1. The first-order chi connectivity index (χ1) is 8.51. The first kappa shape index (κ1) is 12.2. The average molecular weight is 247 g/mol. The van der Waals surface area contributed by atoms with Gasteiger partial charge in [-0.05, 0) is 26.8 Å². The van der Waals surface area contributed by atoms with Crippen LogP contribution >= 0.6 is 0 Å². The molecule has 0 fully saturated rings. The van der Waals surface area contributed by atoms with Crippen LogP contribution in [-0.4, -0.2) is 38.0 Å². The number of hydrogen-bond donors (Lipinski definition) is 0. The minimum absolute atomic E-state index is 0.167. The zero-order valence-corrected chi connectivity index (χ0v) is 10.6. The molecule has 0 amide bonds. The molecular weight excluding hydrogens is 234 g/mol. The van der Waals surface area contributed by atoms with E-state index >= 15 is 0 Å². The summed E-state index contributed by atoms with van der Waals surface area (Å²) in [6.07, 6.45) is 0. The summed E-state index contributed by atoms with van der Waals surface area (Å²) in [7, 11) is 1.30. The predicted molar refractivity (Wildman–Crippen MR) is 62.5 cm³/mol. The maximum atomic E-state index is 11.4. The van der Waals surface area contributed by atoms with Gasteiger partial charge in [0.2, 0.25) is 0 Å². The van der Waals surface area contributed by atoms with Crippen LogP contribution in [0.3, 0.4) is 0 Å². The monoisotopic (exact) mass is 247 g/mol. The third-order valence-electron chi connectivity index (χ3n) is 2.31. The van der Waals surface area contributed by atoms with E-state index in [1.54, 1.807) is 6.92 Å². The van der Waals surface area contributed by atoms with Gasteiger partial charge in [0.25, 0.3) is 5.95 Å². The Morgan fingerprint density at radius 3 is 2.33 bits per heavy atom. The lowest BCUT2D eigenvalue weighted by atomic mass is 10.3. The Morgan fingerprint density at radius 1 is 1.17 bits per heavy atom. The number of esters is 1. The zero-order valence-electron chi connectivity index (χ0n) is 10.6. The van der Waals surface area contributed by atoms with Gasteiger partial charge in [0.15, 0.2) is 5.69 Å². The van der Waals surface area contributed by atoms with Crippen molar-refractivity contribution in [2.24, 2.45) is 0 Å². The fourth-order valence-corrected chi connectivity index (χ4v) is 1.55. The summed E-state index contributed by atoms with van der Waals surface area (Å²) >= 11 is 0. The van der Waals surface area contributed by atoms with Gasteiger partial charge in [-0.3, -0.25) is 0 Å². The van der Waals surface area contributed by atoms with Crippen LogP contribution in [0.15, 0.2) is 6.07 Å². The highest BCUT2D eigenvalue weighted by Gasteiger charge is 2.17. The summed E-state index contributed by atoms with van der Waals surface area (Å²) in [4.78, 5) is 21.1. The molecule has 0 saturated heterocycles. The topological polar surface area (TPSA) is 82.8 Å². The molecule has 7 nitrogen and oxygen atoms in total. The molecule has 2 aromatic heterocycles. The van der Waals surface area contributed by atoms with Gasteiger partial charge < -0.3 is 4.74 Å². The smallest absolute Gasteiger partial charge is 0.360 e. The Kier molecular flexibility index (Phi) is 3.05. The van der Waals surface area contributed by atoms with E-state index in [0.717, 1.165) is 11.4 Å². The van der Waals surface area contributed by atoms with Crippen molar-refractivity contribution in [2.45, 2.75) is 20.8 Å². The van der Waals surface area contributed by atoms with E-state index in [2.05, 4.69) is 24.9 Å². The van der Waals surface area contributed by atoms with Gasteiger partial charge >= 0.3 is 5.97 Å². The van der Waals surface area contributed by atoms with E-state index in [-0.39, 0.29) is 5.69 Å². The van der Waals surface area contributed by atoms with E-state index in [1.165, 1.54) is 11.9 Å².